The second-order valence-corrected chi connectivity index (χ2v) is 4.03. The lowest BCUT2D eigenvalue weighted by atomic mass is 10.2. The minimum Gasteiger partial charge on any atom is -0.335 e. The predicted octanol–water partition coefficient (Wildman–Crippen LogP) is 1.52. The number of H-pyrrole nitrogens is 1. The van der Waals surface area contributed by atoms with E-state index in [0.29, 0.717) is 12.4 Å². The fraction of sp³-hybridized carbons (Fsp3) is 0.250. The molecule has 2 aromatic rings. The van der Waals surface area contributed by atoms with Gasteiger partial charge in [-0.15, -0.1) is 5.10 Å². The molecule has 0 spiro atoms. The summed E-state index contributed by atoms with van der Waals surface area (Å²) in [5.41, 5.74) is 0.847. The predicted molar refractivity (Wildman–Crippen MR) is 63.3 cm³/mol. The van der Waals surface area contributed by atoms with Gasteiger partial charge in [-0.1, -0.05) is 12.1 Å². The first-order valence-electron chi connectivity index (χ1n) is 5.45. The summed E-state index contributed by atoms with van der Waals surface area (Å²) in [6, 6.07) is 6.01. The number of carbonyl (C=O) groups is 1. The Balaban J connectivity index is 2.05. The normalized spacial score (nSPS) is 10.4. The molecule has 0 aliphatic rings. The van der Waals surface area contributed by atoms with Crippen LogP contribution in [0.4, 0.5) is 4.39 Å². The van der Waals surface area contributed by atoms with E-state index in [1.54, 1.807) is 26.1 Å². The number of carbonyl (C=O) groups excluding carboxylic acids is 1. The lowest BCUT2D eigenvalue weighted by molar-refractivity contribution is 0.0773. The molecule has 0 fully saturated rings. The number of nitrogens with zero attached hydrogens (tertiary/aromatic N) is 3. The maximum absolute atomic E-state index is 12.7. The highest BCUT2D eigenvalue weighted by atomic mass is 19.1. The molecule has 1 amide bonds. The maximum atomic E-state index is 12.7. The first-order chi connectivity index (χ1) is 8.56. The second kappa shape index (κ2) is 4.95. The number of hydrogen-bond acceptors (Lipinski definition) is 3. The summed E-state index contributed by atoms with van der Waals surface area (Å²) in [6.45, 7) is 2.11. The summed E-state index contributed by atoms with van der Waals surface area (Å²) in [5.74, 6) is 0.159. The van der Waals surface area contributed by atoms with Gasteiger partial charge in [-0.25, -0.2) is 9.37 Å². The number of benzene rings is 1. The highest BCUT2D eigenvalue weighted by Crippen LogP contribution is 2.07. The summed E-state index contributed by atoms with van der Waals surface area (Å²) in [4.78, 5) is 17.4. The number of nitrogens with one attached hydrogen (secondary N) is 1. The summed E-state index contributed by atoms with van der Waals surface area (Å²) >= 11 is 0. The van der Waals surface area contributed by atoms with Gasteiger partial charge in [0.15, 0.2) is 0 Å². The molecular formula is C12H13FN4O. The van der Waals surface area contributed by atoms with E-state index in [9.17, 15) is 9.18 Å². The van der Waals surface area contributed by atoms with Crippen LogP contribution in [0.3, 0.4) is 0 Å². The molecule has 1 N–H and O–H groups in total. The Morgan fingerprint density at radius 3 is 2.61 bits per heavy atom. The third-order valence-electron chi connectivity index (χ3n) is 2.47. The van der Waals surface area contributed by atoms with Crippen LogP contribution in [0.1, 0.15) is 22.0 Å². The molecule has 18 heavy (non-hydrogen) atoms. The molecule has 0 saturated carbocycles. The van der Waals surface area contributed by atoms with Gasteiger partial charge in [0.05, 0.1) is 0 Å². The highest BCUT2D eigenvalue weighted by Gasteiger charge is 2.16. The molecule has 0 unspecified atom stereocenters. The van der Waals surface area contributed by atoms with Gasteiger partial charge >= 0.3 is 0 Å². The molecule has 0 atom stereocenters. The van der Waals surface area contributed by atoms with Crippen LogP contribution < -0.4 is 0 Å². The largest absolute Gasteiger partial charge is 0.335 e. The number of rotatable bonds is 3. The van der Waals surface area contributed by atoms with Gasteiger partial charge in [-0.3, -0.25) is 9.89 Å². The average Bonchev–Trinajstić information content (AvgIpc) is 2.78. The van der Waals surface area contributed by atoms with Crippen LogP contribution in [0.25, 0.3) is 0 Å². The third-order valence-corrected chi connectivity index (χ3v) is 2.47. The fourth-order valence-electron chi connectivity index (χ4n) is 1.54. The molecule has 1 aromatic carbocycles. The molecule has 2 rings (SSSR count). The zero-order valence-electron chi connectivity index (χ0n) is 10.1. The fourth-order valence-corrected chi connectivity index (χ4v) is 1.54. The Morgan fingerprint density at radius 1 is 1.39 bits per heavy atom. The monoisotopic (exact) mass is 248 g/mol. The zero-order chi connectivity index (χ0) is 13.1. The molecule has 5 nitrogen and oxygen atoms in total. The molecule has 0 aliphatic heterocycles. The molecule has 0 radical (unpaired) electrons. The van der Waals surface area contributed by atoms with Gasteiger partial charge in [0.2, 0.25) is 5.82 Å². The van der Waals surface area contributed by atoms with E-state index in [1.165, 1.54) is 17.0 Å². The minimum absolute atomic E-state index is 0.136. The summed E-state index contributed by atoms with van der Waals surface area (Å²) in [5, 5.41) is 6.42. The van der Waals surface area contributed by atoms with Crippen LogP contribution in [-0.2, 0) is 6.54 Å². The van der Waals surface area contributed by atoms with Crippen LogP contribution in [0.15, 0.2) is 24.3 Å². The third kappa shape index (κ3) is 2.71. The molecule has 0 saturated heterocycles. The molecule has 0 aliphatic carbocycles. The molecule has 0 bridgehead atoms. The number of aryl methyl sites for hydroxylation is 1. The van der Waals surface area contributed by atoms with Gasteiger partial charge < -0.3 is 4.90 Å². The van der Waals surface area contributed by atoms with Crippen LogP contribution in [0.2, 0.25) is 0 Å². The van der Waals surface area contributed by atoms with Crippen molar-refractivity contribution in [2.45, 2.75) is 13.5 Å². The van der Waals surface area contributed by atoms with E-state index in [4.69, 9.17) is 0 Å². The Bertz CT molecular complexity index is 549. The summed E-state index contributed by atoms with van der Waals surface area (Å²) in [6.07, 6.45) is 0. The van der Waals surface area contributed by atoms with Gasteiger partial charge in [-0.2, -0.15) is 0 Å². The van der Waals surface area contributed by atoms with E-state index < -0.39 is 0 Å². The van der Waals surface area contributed by atoms with Crippen LogP contribution in [0.5, 0.6) is 0 Å². The molecule has 94 valence electrons. The van der Waals surface area contributed by atoms with Crippen molar-refractivity contribution in [3.05, 3.63) is 47.3 Å². The summed E-state index contributed by atoms with van der Waals surface area (Å²) in [7, 11) is 1.65. The van der Waals surface area contributed by atoms with E-state index >= 15 is 0 Å². The van der Waals surface area contributed by atoms with E-state index in [1.807, 2.05) is 0 Å². The van der Waals surface area contributed by atoms with Crippen LogP contribution in [0, 0.1) is 12.7 Å². The lowest BCUT2D eigenvalue weighted by Crippen LogP contribution is -2.27. The maximum Gasteiger partial charge on any atom is 0.293 e. The van der Waals surface area contributed by atoms with Crippen molar-refractivity contribution >= 4 is 5.91 Å². The smallest absolute Gasteiger partial charge is 0.293 e. The zero-order valence-corrected chi connectivity index (χ0v) is 10.1. The van der Waals surface area contributed by atoms with Crippen molar-refractivity contribution in [1.29, 1.82) is 0 Å². The number of hydrogen-bond donors (Lipinski definition) is 1. The second-order valence-electron chi connectivity index (χ2n) is 4.03. The van der Waals surface area contributed by atoms with Crippen molar-refractivity contribution in [3.8, 4) is 0 Å². The topological polar surface area (TPSA) is 61.9 Å². The van der Waals surface area contributed by atoms with Crippen molar-refractivity contribution in [3.63, 3.8) is 0 Å². The average molecular weight is 248 g/mol. The number of halogens is 1. The number of aromatic amines is 1. The standard InChI is InChI=1S/C12H13FN4O/c1-8-14-11(16-15-8)12(18)17(2)7-9-3-5-10(13)6-4-9/h3-6H,7H2,1-2H3,(H,14,15,16). The quantitative estimate of drug-likeness (QED) is 0.895. The van der Waals surface area contributed by atoms with Crippen molar-refractivity contribution in [1.82, 2.24) is 20.1 Å². The first-order valence-corrected chi connectivity index (χ1v) is 5.45. The molecule has 6 heteroatoms. The SMILES string of the molecule is Cc1nc(C(=O)N(C)Cc2ccc(F)cc2)n[nH]1. The van der Waals surface area contributed by atoms with E-state index in [0.717, 1.165) is 5.56 Å². The Morgan fingerprint density at radius 2 is 2.06 bits per heavy atom. The van der Waals surface area contributed by atoms with Crippen LogP contribution in [-0.4, -0.2) is 33.0 Å². The van der Waals surface area contributed by atoms with Gasteiger partial charge in [0.1, 0.15) is 11.6 Å². The Kier molecular flexibility index (Phi) is 3.36. The van der Waals surface area contributed by atoms with Gasteiger partial charge in [-0.05, 0) is 24.6 Å². The number of aromatic nitrogens is 3. The molecular weight excluding hydrogens is 235 g/mol. The van der Waals surface area contributed by atoms with Gasteiger partial charge in [0.25, 0.3) is 5.91 Å². The Labute approximate surface area is 104 Å². The Hall–Kier alpha value is -2.24. The number of amides is 1. The highest BCUT2D eigenvalue weighted by molar-refractivity contribution is 5.90. The van der Waals surface area contributed by atoms with Crippen LogP contribution >= 0.6 is 0 Å². The summed E-state index contributed by atoms with van der Waals surface area (Å²) < 4.78 is 12.7. The molecule has 1 heterocycles. The van der Waals surface area contributed by atoms with Crippen molar-refractivity contribution in [2.24, 2.45) is 0 Å². The lowest BCUT2D eigenvalue weighted by Gasteiger charge is -2.15. The molecule has 1 aromatic heterocycles. The van der Waals surface area contributed by atoms with Crippen molar-refractivity contribution in [2.75, 3.05) is 7.05 Å². The minimum atomic E-state index is -0.294. The van der Waals surface area contributed by atoms with Gasteiger partial charge in [0, 0.05) is 13.6 Å². The first kappa shape index (κ1) is 12.2. The van der Waals surface area contributed by atoms with Crippen molar-refractivity contribution < 1.29 is 9.18 Å². The van der Waals surface area contributed by atoms with E-state index in [2.05, 4.69) is 15.2 Å². The van der Waals surface area contributed by atoms with E-state index in [-0.39, 0.29) is 17.5 Å².